The summed E-state index contributed by atoms with van der Waals surface area (Å²) >= 11 is 0. The van der Waals surface area contributed by atoms with Crippen molar-refractivity contribution in [2.45, 2.75) is 32.2 Å². The highest BCUT2D eigenvalue weighted by Gasteiger charge is 2.26. The van der Waals surface area contributed by atoms with Crippen molar-refractivity contribution in [3.8, 4) is 0 Å². The second-order valence-corrected chi connectivity index (χ2v) is 4.25. The minimum absolute atomic E-state index is 0.300. The molecular formula is C11H23NO2. The van der Waals surface area contributed by atoms with E-state index in [1.54, 1.807) is 7.11 Å². The standard InChI is InChI=1S/C11H23NO2/c1-10-5-3-6-12(11(10)9-13)7-4-8-14-2/h10-11,13H,3-9H2,1-2H3. The highest BCUT2D eigenvalue weighted by Crippen LogP contribution is 2.22. The van der Waals surface area contributed by atoms with Crippen LogP contribution < -0.4 is 0 Å². The van der Waals surface area contributed by atoms with E-state index in [2.05, 4.69) is 11.8 Å². The number of aliphatic hydroxyl groups excluding tert-OH is 1. The molecule has 0 aromatic heterocycles. The van der Waals surface area contributed by atoms with Crippen molar-refractivity contribution in [2.75, 3.05) is 33.4 Å². The van der Waals surface area contributed by atoms with Crippen LogP contribution in [0.15, 0.2) is 0 Å². The molecule has 0 bridgehead atoms. The average molecular weight is 201 g/mol. The van der Waals surface area contributed by atoms with E-state index >= 15 is 0 Å². The summed E-state index contributed by atoms with van der Waals surface area (Å²) in [7, 11) is 1.74. The summed E-state index contributed by atoms with van der Waals surface area (Å²) in [5.74, 6) is 0.635. The highest BCUT2D eigenvalue weighted by molar-refractivity contribution is 4.81. The molecule has 0 amide bonds. The topological polar surface area (TPSA) is 32.7 Å². The van der Waals surface area contributed by atoms with Gasteiger partial charge >= 0.3 is 0 Å². The van der Waals surface area contributed by atoms with E-state index in [0.717, 1.165) is 26.1 Å². The van der Waals surface area contributed by atoms with Crippen molar-refractivity contribution in [3.63, 3.8) is 0 Å². The first-order chi connectivity index (χ1) is 6.79. The second kappa shape index (κ2) is 6.38. The van der Waals surface area contributed by atoms with Crippen LogP contribution in [0.5, 0.6) is 0 Å². The third kappa shape index (κ3) is 3.23. The Kier molecular flexibility index (Phi) is 5.45. The number of nitrogens with zero attached hydrogens (tertiary/aromatic N) is 1. The molecule has 0 aromatic carbocycles. The lowest BCUT2D eigenvalue weighted by atomic mass is 9.91. The van der Waals surface area contributed by atoms with Crippen LogP contribution in [0, 0.1) is 5.92 Å². The molecule has 1 aliphatic heterocycles. The van der Waals surface area contributed by atoms with Gasteiger partial charge in [-0.15, -0.1) is 0 Å². The molecule has 1 heterocycles. The Balaban J connectivity index is 2.32. The third-order valence-electron chi connectivity index (χ3n) is 3.21. The lowest BCUT2D eigenvalue weighted by molar-refractivity contribution is 0.0462. The van der Waals surface area contributed by atoms with E-state index in [1.807, 2.05) is 0 Å². The zero-order chi connectivity index (χ0) is 10.4. The van der Waals surface area contributed by atoms with Crippen molar-refractivity contribution >= 4 is 0 Å². The molecule has 3 heteroatoms. The van der Waals surface area contributed by atoms with E-state index in [4.69, 9.17) is 4.74 Å². The van der Waals surface area contributed by atoms with Crippen LogP contribution in [0.2, 0.25) is 0 Å². The van der Waals surface area contributed by atoms with Gasteiger partial charge in [0.05, 0.1) is 6.61 Å². The Bertz CT molecular complexity index is 152. The summed E-state index contributed by atoms with van der Waals surface area (Å²) in [5.41, 5.74) is 0. The zero-order valence-corrected chi connectivity index (χ0v) is 9.41. The summed E-state index contributed by atoms with van der Waals surface area (Å²) in [6.07, 6.45) is 3.59. The maximum absolute atomic E-state index is 9.32. The summed E-state index contributed by atoms with van der Waals surface area (Å²) in [5, 5.41) is 9.32. The molecule has 0 aliphatic carbocycles. The van der Waals surface area contributed by atoms with Crippen LogP contribution in [0.3, 0.4) is 0 Å². The van der Waals surface area contributed by atoms with Crippen LogP contribution in [-0.2, 0) is 4.74 Å². The van der Waals surface area contributed by atoms with Gasteiger partial charge in [0.25, 0.3) is 0 Å². The van der Waals surface area contributed by atoms with Crippen molar-refractivity contribution in [1.29, 1.82) is 0 Å². The minimum Gasteiger partial charge on any atom is -0.395 e. The van der Waals surface area contributed by atoms with Crippen molar-refractivity contribution < 1.29 is 9.84 Å². The quantitative estimate of drug-likeness (QED) is 0.676. The fourth-order valence-corrected chi connectivity index (χ4v) is 2.32. The SMILES string of the molecule is COCCCN1CCCC(C)C1CO. The molecule has 0 aromatic rings. The van der Waals surface area contributed by atoms with Gasteiger partial charge in [0.1, 0.15) is 0 Å². The molecule has 3 nitrogen and oxygen atoms in total. The first kappa shape index (κ1) is 12.0. The number of ether oxygens (including phenoxy) is 1. The monoisotopic (exact) mass is 201 g/mol. The molecule has 0 spiro atoms. The largest absolute Gasteiger partial charge is 0.395 e. The smallest absolute Gasteiger partial charge is 0.0589 e. The molecule has 1 rings (SSSR count). The molecule has 1 fully saturated rings. The molecule has 1 N–H and O–H groups in total. The van der Waals surface area contributed by atoms with Crippen LogP contribution in [0.4, 0.5) is 0 Å². The number of piperidine rings is 1. The molecule has 0 radical (unpaired) electrons. The van der Waals surface area contributed by atoms with E-state index in [9.17, 15) is 5.11 Å². The van der Waals surface area contributed by atoms with E-state index < -0.39 is 0 Å². The third-order valence-corrected chi connectivity index (χ3v) is 3.21. The molecule has 0 saturated carbocycles. The van der Waals surface area contributed by atoms with Gasteiger partial charge in [-0.1, -0.05) is 6.92 Å². The van der Waals surface area contributed by atoms with Crippen molar-refractivity contribution in [1.82, 2.24) is 4.90 Å². The molecular weight excluding hydrogens is 178 g/mol. The lowest BCUT2D eigenvalue weighted by Gasteiger charge is -2.39. The molecule has 14 heavy (non-hydrogen) atoms. The van der Waals surface area contributed by atoms with Gasteiger partial charge in [-0.05, 0) is 31.7 Å². The van der Waals surface area contributed by atoms with Crippen LogP contribution in [-0.4, -0.2) is 49.5 Å². The predicted octanol–water partition coefficient (Wildman–Crippen LogP) is 1.12. The van der Waals surface area contributed by atoms with Crippen LogP contribution >= 0.6 is 0 Å². The van der Waals surface area contributed by atoms with E-state index in [0.29, 0.717) is 18.6 Å². The van der Waals surface area contributed by atoms with Gasteiger partial charge in [0.15, 0.2) is 0 Å². The fourth-order valence-electron chi connectivity index (χ4n) is 2.32. The zero-order valence-electron chi connectivity index (χ0n) is 9.41. The van der Waals surface area contributed by atoms with E-state index in [-0.39, 0.29) is 0 Å². The first-order valence-electron chi connectivity index (χ1n) is 5.63. The predicted molar refractivity (Wildman–Crippen MR) is 57.3 cm³/mol. The Hall–Kier alpha value is -0.120. The van der Waals surface area contributed by atoms with Crippen LogP contribution in [0.25, 0.3) is 0 Å². The summed E-state index contributed by atoms with van der Waals surface area (Å²) in [6, 6.07) is 0.376. The Morgan fingerprint density at radius 1 is 1.50 bits per heavy atom. The van der Waals surface area contributed by atoms with Gasteiger partial charge in [0, 0.05) is 26.3 Å². The van der Waals surface area contributed by atoms with Gasteiger partial charge in [-0.3, -0.25) is 4.90 Å². The maximum atomic E-state index is 9.32. The molecule has 2 atom stereocenters. The minimum atomic E-state index is 0.300. The number of likely N-dealkylation sites (tertiary alicyclic amines) is 1. The normalized spacial score (nSPS) is 29.4. The number of methoxy groups -OCH3 is 1. The number of hydrogen-bond donors (Lipinski definition) is 1. The second-order valence-electron chi connectivity index (χ2n) is 4.25. The number of aliphatic hydroxyl groups is 1. The fraction of sp³-hybridized carbons (Fsp3) is 1.00. The Labute approximate surface area is 87.1 Å². The molecule has 1 saturated heterocycles. The molecule has 2 unspecified atom stereocenters. The van der Waals surface area contributed by atoms with Crippen LogP contribution in [0.1, 0.15) is 26.2 Å². The molecule has 1 aliphatic rings. The summed E-state index contributed by atoms with van der Waals surface area (Å²) in [4.78, 5) is 2.41. The lowest BCUT2D eigenvalue weighted by Crippen LogP contribution is -2.47. The van der Waals surface area contributed by atoms with Gasteiger partial charge in [0.2, 0.25) is 0 Å². The van der Waals surface area contributed by atoms with Crippen molar-refractivity contribution in [2.24, 2.45) is 5.92 Å². The number of rotatable bonds is 5. The van der Waals surface area contributed by atoms with Gasteiger partial charge in [-0.2, -0.15) is 0 Å². The van der Waals surface area contributed by atoms with Gasteiger partial charge in [-0.25, -0.2) is 0 Å². The summed E-state index contributed by atoms with van der Waals surface area (Å²) in [6.45, 7) is 5.56. The highest BCUT2D eigenvalue weighted by atomic mass is 16.5. The van der Waals surface area contributed by atoms with E-state index in [1.165, 1.54) is 12.8 Å². The summed E-state index contributed by atoms with van der Waals surface area (Å²) < 4.78 is 5.04. The maximum Gasteiger partial charge on any atom is 0.0589 e. The Morgan fingerprint density at radius 2 is 2.29 bits per heavy atom. The van der Waals surface area contributed by atoms with Gasteiger partial charge < -0.3 is 9.84 Å². The Morgan fingerprint density at radius 3 is 2.93 bits per heavy atom. The number of hydrogen-bond acceptors (Lipinski definition) is 3. The molecule has 84 valence electrons. The van der Waals surface area contributed by atoms with Crippen molar-refractivity contribution in [3.05, 3.63) is 0 Å². The first-order valence-corrected chi connectivity index (χ1v) is 5.63. The average Bonchev–Trinajstić information content (AvgIpc) is 2.18.